The van der Waals surface area contributed by atoms with Crippen LogP contribution in [0.2, 0.25) is 0 Å². The number of sulfonamides is 1. The smallest absolute Gasteiger partial charge is 0.357 e. The Hall–Kier alpha value is -1.81. The van der Waals surface area contributed by atoms with E-state index in [-0.39, 0.29) is 19.1 Å². The van der Waals surface area contributed by atoms with Gasteiger partial charge < -0.3 is 10.6 Å². The van der Waals surface area contributed by atoms with Gasteiger partial charge in [0.05, 0.1) is 0 Å². The van der Waals surface area contributed by atoms with Crippen LogP contribution in [0.15, 0.2) is 29.3 Å². The number of nitrogens with one attached hydrogen (secondary N) is 2. The third-order valence-corrected chi connectivity index (χ3v) is 8.06. The SMILES string of the molecule is CCNC(=NCC1C2Cc3ccccc3C12)NC1CCN(S(=O)(=O)C(F)(F)F)CC1. The molecule has 0 spiro atoms. The van der Waals surface area contributed by atoms with Crippen molar-refractivity contribution < 1.29 is 21.6 Å². The zero-order valence-corrected chi connectivity index (χ0v) is 17.6. The summed E-state index contributed by atoms with van der Waals surface area (Å²) in [6.45, 7) is 3.04. The van der Waals surface area contributed by atoms with Crippen molar-refractivity contribution >= 4 is 16.0 Å². The van der Waals surface area contributed by atoms with Crippen LogP contribution in [0, 0.1) is 11.8 Å². The van der Waals surface area contributed by atoms with Crippen molar-refractivity contribution in [2.75, 3.05) is 26.2 Å². The van der Waals surface area contributed by atoms with E-state index >= 15 is 0 Å². The minimum atomic E-state index is -5.25. The van der Waals surface area contributed by atoms with Crippen LogP contribution >= 0.6 is 0 Å². The number of halogens is 3. The van der Waals surface area contributed by atoms with Crippen molar-refractivity contribution in [3.05, 3.63) is 35.4 Å². The van der Waals surface area contributed by atoms with Gasteiger partial charge in [0.15, 0.2) is 5.96 Å². The number of alkyl halides is 3. The van der Waals surface area contributed by atoms with Crippen LogP contribution in [0.25, 0.3) is 0 Å². The first kappa shape index (κ1) is 21.4. The highest BCUT2D eigenvalue weighted by Crippen LogP contribution is 2.61. The summed E-state index contributed by atoms with van der Waals surface area (Å²) >= 11 is 0. The molecule has 0 aromatic heterocycles. The maximum Gasteiger partial charge on any atom is 0.511 e. The molecule has 4 rings (SSSR count). The summed E-state index contributed by atoms with van der Waals surface area (Å²) in [5.41, 5.74) is -2.36. The Balaban J connectivity index is 1.31. The molecule has 3 unspecified atom stereocenters. The summed E-state index contributed by atoms with van der Waals surface area (Å²) in [7, 11) is -5.25. The molecule has 3 atom stereocenters. The normalized spacial score (nSPS) is 27.5. The van der Waals surface area contributed by atoms with Gasteiger partial charge in [-0.2, -0.15) is 17.5 Å². The maximum absolute atomic E-state index is 12.7. The minimum absolute atomic E-state index is 0.109. The molecule has 1 aliphatic heterocycles. The maximum atomic E-state index is 12.7. The molecule has 1 saturated carbocycles. The van der Waals surface area contributed by atoms with Gasteiger partial charge in [-0.05, 0) is 55.1 Å². The van der Waals surface area contributed by atoms with E-state index in [1.165, 1.54) is 11.1 Å². The van der Waals surface area contributed by atoms with Crippen LogP contribution < -0.4 is 10.6 Å². The van der Waals surface area contributed by atoms with Gasteiger partial charge in [0, 0.05) is 32.2 Å². The van der Waals surface area contributed by atoms with E-state index in [0.717, 1.165) is 6.42 Å². The molecule has 30 heavy (non-hydrogen) atoms. The molecule has 2 fully saturated rings. The predicted molar refractivity (Wildman–Crippen MR) is 109 cm³/mol. The molecule has 6 nitrogen and oxygen atoms in total. The van der Waals surface area contributed by atoms with Gasteiger partial charge in [-0.25, -0.2) is 8.42 Å². The van der Waals surface area contributed by atoms with Gasteiger partial charge in [-0.1, -0.05) is 24.3 Å². The number of piperidine rings is 1. The van der Waals surface area contributed by atoms with Gasteiger partial charge in [0.2, 0.25) is 0 Å². The Morgan fingerprint density at radius 2 is 1.93 bits per heavy atom. The zero-order valence-electron chi connectivity index (χ0n) is 16.8. The second kappa shape index (κ2) is 8.03. The Morgan fingerprint density at radius 3 is 2.60 bits per heavy atom. The fourth-order valence-electron chi connectivity index (χ4n) is 4.83. The lowest BCUT2D eigenvalue weighted by Crippen LogP contribution is -2.51. The molecule has 10 heteroatoms. The first-order chi connectivity index (χ1) is 14.2. The second-order valence-electron chi connectivity index (χ2n) is 8.24. The number of nitrogens with zero attached hydrogens (tertiary/aromatic N) is 2. The number of rotatable bonds is 5. The van der Waals surface area contributed by atoms with E-state index in [4.69, 9.17) is 4.99 Å². The van der Waals surface area contributed by atoms with Gasteiger partial charge in [-0.3, -0.25) is 4.99 Å². The number of fused-ring (bicyclic) bond motifs is 3. The Bertz CT molecular complexity index is 911. The molecule has 1 heterocycles. The summed E-state index contributed by atoms with van der Waals surface area (Å²) in [4.78, 5) is 4.71. The lowest BCUT2D eigenvalue weighted by atomic mass is 10.0. The van der Waals surface area contributed by atoms with Crippen LogP contribution in [0.3, 0.4) is 0 Å². The van der Waals surface area contributed by atoms with Gasteiger partial charge in [-0.15, -0.1) is 0 Å². The van der Waals surface area contributed by atoms with Crippen molar-refractivity contribution in [3.63, 3.8) is 0 Å². The summed E-state index contributed by atoms with van der Waals surface area (Å²) < 4.78 is 61.8. The summed E-state index contributed by atoms with van der Waals surface area (Å²) in [6.07, 6.45) is 1.72. The molecule has 1 saturated heterocycles. The van der Waals surface area contributed by atoms with E-state index in [1.54, 1.807) is 0 Å². The average molecular weight is 445 g/mol. The lowest BCUT2D eigenvalue weighted by molar-refractivity contribution is -0.0494. The van der Waals surface area contributed by atoms with Gasteiger partial charge in [0.1, 0.15) is 0 Å². The molecule has 2 aliphatic carbocycles. The van der Waals surface area contributed by atoms with Crippen LogP contribution in [0.1, 0.15) is 36.8 Å². The number of guanidine groups is 1. The standard InChI is InChI=1S/C20H27F3N4O2S/c1-2-24-19(25-12-17-16-11-13-5-3-4-6-15(13)18(16)17)26-14-7-9-27(10-8-14)30(28,29)20(21,22)23/h3-6,14,16-18H,2,7-12H2,1H3,(H2,24,25,26). The minimum Gasteiger partial charge on any atom is -0.357 e. The van der Waals surface area contributed by atoms with Crippen molar-refractivity contribution in [1.29, 1.82) is 0 Å². The van der Waals surface area contributed by atoms with Crippen LogP contribution in [0.4, 0.5) is 13.2 Å². The first-order valence-corrected chi connectivity index (χ1v) is 11.9. The Morgan fingerprint density at radius 1 is 1.23 bits per heavy atom. The molecule has 0 radical (unpaired) electrons. The van der Waals surface area contributed by atoms with Crippen molar-refractivity contribution in [2.24, 2.45) is 16.8 Å². The molecule has 1 aromatic rings. The molecular formula is C20H27F3N4O2S. The fourth-order valence-corrected chi connectivity index (χ4v) is 5.81. The topological polar surface area (TPSA) is 73.8 Å². The zero-order chi connectivity index (χ0) is 21.5. The molecular weight excluding hydrogens is 417 g/mol. The van der Waals surface area contributed by atoms with Crippen molar-refractivity contribution in [3.8, 4) is 0 Å². The van der Waals surface area contributed by atoms with E-state index in [1.807, 2.05) is 6.92 Å². The molecule has 0 bridgehead atoms. The number of benzene rings is 1. The monoisotopic (exact) mass is 444 g/mol. The quantitative estimate of drug-likeness (QED) is 0.541. The molecule has 2 N–H and O–H groups in total. The highest BCUT2D eigenvalue weighted by atomic mass is 32.2. The number of hydrogen-bond donors (Lipinski definition) is 2. The average Bonchev–Trinajstić information content (AvgIpc) is 3.23. The van der Waals surface area contributed by atoms with E-state index in [2.05, 4.69) is 34.9 Å². The second-order valence-corrected chi connectivity index (χ2v) is 10.2. The summed E-state index contributed by atoms with van der Waals surface area (Å²) in [5.74, 6) is 2.43. The van der Waals surface area contributed by atoms with E-state index < -0.39 is 15.5 Å². The number of aliphatic imine (C=N–C) groups is 1. The fraction of sp³-hybridized carbons (Fsp3) is 0.650. The highest BCUT2D eigenvalue weighted by Gasteiger charge is 2.55. The predicted octanol–water partition coefficient (Wildman–Crippen LogP) is 2.44. The van der Waals surface area contributed by atoms with E-state index in [0.29, 0.717) is 53.9 Å². The Kier molecular flexibility index (Phi) is 5.73. The third-order valence-electron chi connectivity index (χ3n) is 6.43. The largest absolute Gasteiger partial charge is 0.511 e. The van der Waals surface area contributed by atoms with Gasteiger partial charge in [0.25, 0.3) is 0 Å². The van der Waals surface area contributed by atoms with Crippen LogP contribution in [0.5, 0.6) is 0 Å². The third kappa shape index (κ3) is 4.03. The molecule has 3 aliphatic rings. The molecule has 0 amide bonds. The Labute approximate surface area is 175 Å². The van der Waals surface area contributed by atoms with Gasteiger partial charge >= 0.3 is 15.5 Å². The summed E-state index contributed by atoms with van der Waals surface area (Å²) in [5, 5.41) is 6.46. The molecule has 1 aromatic carbocycles. The molecule has 166 valence electrons. The first-order valence-electron chi connectivity index (χ1n) is 10.4. The van der Waals surface area contributed by atoms with Crippen LogP contribution in [-0.2, 0) is 16.4 Å². The highest BCUT2D eigenvalue weighted by molar-refractivity contribution is 7.90. The number of hydrogen-bond acceptors (Lipinski definition) is 3. The van der Waals surface area contributed by atoms with Crippen molar-refractivity contribution in [2.45, 2.75) is 43.7 Å². The lowest BCUT2D eigenvalue weighted by Gasteiger charge is -2.32. The summed E-state index contributed by atoms with van der Waals surface area (Å²) in [6, 6.07) is 8.45. The van der Waals surface area contributed by atoms with Crippen LogP contribution in [-0.4, -0.2) is 56.4 Å². The van der Waals surface area contributed by atoms with Crippen molar-refractivity contribution in [1.82, 2.24) is 14.9 Å². The van der Waals surface area contributed by atoms with E-state index in [9.17, 15) is 21.6 Å².